The minimum atomic E-state index is -0.00185. The van der Waals surface area contributed by atoms with Crippen molar-refractivity contribution in [3.05, 3.63) is 107 Å². The molecule has 3 heterocycles. The lowest BCUT2D eigenvalue weighted by molar-refractivity contribution is -0.139. The van der Waals surface area contributed by atoms with Gasteiger partial charge in [0.1, 0.15) is 0 Å². The molecule has 0 radical (unpaired) electrons. The van der Waals surface area contributed by atoms with Crippen LogP contribution in [0.15, 0.2) is 89.5 Å². The van der Waals surface area contributed by atoms with Crippen LogP contribution in [0, 0.1) is 5.92 Å². The Morgan fingerprint density at radius 3 is 2.17 bits per heavy atom. The monoisotopic (exact) mass is 555 g/mol. The van der Waals surface area contributed by atoms with E-state index >= 15 is 0 Å². The van der Waals surface area contributed by atoms with E-state index in [0.717, 1.165) is 51.1 Å². The molecule has 206 valence electrons. The van der Waals surface area contributed by atoms with Crippen LogP contribution in [-0.4, -0.2) is 70.0 Å². The number of carbonyl (C=O) groups excluding carboxylic acids is 1. The van der Waals surface area contributed by atoms with Crippen LogP contribution >= 0.6 is 11.6 Å². The zero-order chi connectivity index (χ0) is 27.3. The van der Waals surface area contributed by atoms with E-state index in [1.165, 1.54) is 11.1 Å². The van der Waals surface area contributed by atoms with Crippen molar-refractivity contribution >= 4 is 17.5 Å². The lowest BCUT2D eigenvalue weighted by Crippen LogP contribution is -2.53. The van der Waals surface area contributed by atoms with Crippen molar-refractivity contribution in [3.63, 3.8) is 0 Å². The van der Waals surface area contributed by atoms with Gasteiger partial charge in [0.15, 0.2) is 0 Å². The first-order valence-corrected chi connectivity index (χ1v) is 14.5. The van der Waals surface area contributed by atoms with E-state index < -0.39 is 0 Å². The molecule has 0 aliphatic carbocycles. The zero-order valence-electron chi connectivity index (χ0n) is 22.5. The molecule has 2 aliphatic heterocycles. The first-order chi connectivity index (χ1) is 19.6. The van der Waals surface area contributed by atoms with Gasteiger partial charge in [0.05, 0.1) is 18.5 Å². The summed E-state index contributed by atoms with van der Waals surface area (Å²) in [5.74, 6) is 1.39. The Labute approximate surface area is 240 Å². The van der Waals surface area contributed by atoms with Crippen LogP contribution < -0.4 is 0 Å². The molecule has 2 aliphatic rings. The summed E-state index contributed by atoms with van der Waals surface area (Å²) < 4.78 is 5.53. The highest BCUT2D eigenvalue weighted by Crippen LogP contribution is 2.30. The SMILES string of the molecule is O=C(C1CCCN(Cc2nc(-c3ccc(Cl)cc3)no2)C1)N1CCN(C(c2ccccc2)c2ccccc2)CC1. The molecule has 1 amide bonds. The van der Waals surface area contributed by atoms with Crippen molar-refractivity contribution in [2.45, 2.75) is 25.4 Å². The minimum absolute atomic E-state index is 0.00185. The van der Waals surface area contributed by atoms with Gasteiger partial charge < -0.3 is 9.42 Å². The summed E-state index contributed by atoms with van der Waals surface area (Å²) in [5, 5.41) is 4.81. The normalized spacial score (nSPS) is 18.8. The molecule has 0 saturated carbocycles. The van der Waals surface area contributed by atoms with Crippen molar-refractivity contribution < 1.29 is 9.32 Å². The maximum absolute atomic E-state index is 13.6. The molecule has 2 saturated heterocycles. The van der Waals surface area contributed by atoms with Crippen molar-refractivity contribution in [3.8, 4) is 11.4 Å². The Bertz CT molecular complexity index is 1350. The molecule has 3 aromatic carbocycles. The van der Waals surface area contributed by atoms with Gasteiger partial charge in [-0.1, -0.05) is 77.4 Å². The summed E-state index contributed by atoms with van der Waals surface area (Å²) in [6.45, 7) is 5.39. The molecule has 8 heteroatoms. The number of hydrogen-bond donors (Lipinski definition) is 0. The summed E-state index contributed by atoms with van der Waals surface area (Å²) in [6.07, 6.45) is 1.91. The van der Waals surface area contributed by atoms with E-state index in [-0.39, 0.29) is 17.9 Å². The summed E-state index contributed by atoms with van der Waals surface area (Å²) in [7, 11) is 0. The Balaban J connectivity index is 1.06. The highest BCUT2D eigenvalue weighted by molar-refractivity contribution is 6.30. The molecular weight excluding hydrogens is 522 g/mol. The van der Waals surface area contributed by atoms with E-state index in [0.29, 0.717) is 29.8 Å². The third-order valence-corrected chi connectivity index (χ3v) is 8.26. The summed E-state index contributed by atoms with van der Waals surface area (Å²) in [6, 6.07) is 28.9. The molecule has 4 aromatic rings. The maximum atomic E-state index is 13.6. The van der Waals surface area contributed by atoms with Crippen LogP contribution in [0.2, 0.25) is 5.02 Å². The molecular formula is C32H34ClN5O2. The number of likely N-dealkylation sites (tertiary alicyclic amines) is 1. The molecule has 0 N–H and O–H groups in total. The van der Waals surface area contributed by atoms with E-state index in [1.54, 1.807) is 0 Å². The van der Waals surface area contributed by atoms with Crippen LogP contribution in [0.25, 0.3) is 11.4 Å². The van der Waals surface area contributed by atoms with E-state index in [4.69, 9.17) is 16.1 Å². The Kier molecular flexibility index (Phi) is 8.23. The van der Waals surface area contributed by atoms with Gasteiger partial charge in [-0.05, 0) is 54.8 Å². The smallest absolute Gasteiger partial charge is 0.241 e. The number of piperazine rings is 1. The molecule has 0 spiro atoms. The molecule has 2 fully saturated rings. The Hall–Kier alpha value is -3.52. The number of piperidine rings is 1. The van der Waals surface area contributed by atoms with Gasteiger partial charge in [-0.2, -0.15) is 4.98 Å². The quantitative estimate of drug-likeness (QED) is 0.298. The Morgan fingerprint density at radius 2 is 1.52 bits per heavy atom. The van der Waals surface area contributed by atoms with Crippen LogP contribution in [0.1, 0.15) is 35.9 Å². The molecule has 6 rings (SSSR count). The highest BCUT2D eigenvalue weighted by Gasteiger charge is 2.33. The largest absolute Gasteiger partial charge is 0.340 e. The standard InChI is InChI=1S/C32H34ClN5O2/c33-28-15-13-26(14-16-28)31-34-29(40-35-31)23-36-17-7-12-27(22-36)32(39)38-20-18-37(19-21-38)30(24-8-3-1-4-9-24)25-10-5-2-6-11-25/h1-6,8-11,13-16,27,30H,7,12,17-23H2. The second-order valence-corrected chi connectivity index (χ2v) is 11.1. The number of nitrogens with zero attached hydrogens (tertiary/aromatic N) is 5. The molecule has 1 atom stereocenters. The summed E-state index contributed by atoms with van der Waals surface area (Å²) in [4.78, 5) is 25.0. The van der Waals surface area contributed by atoms with E-state index in [9.17, 15) is 4.79 Å². The Morgan fingerprint density at radius 1 is 0.875 bits per heavy atom. The topological polar surface area (TPSA) is 65.7 Å². The summed E-state index contributed by atoms with van der Waals surface area (Å²) >= 11 is 6.00. The number of halogens is 1. The van der Waals surface area contributed by atoms with Gasteiger partial charge in [0.2, 0.25) is 17.6 Å². The summed E-state index contributed by atoms with van der Waals surface area (Å²) in [5.41, 5.74) is 3.44. The third kappa shape index (κ3) is 6.12. The van der Waals surface area contributed by atoms with Crippen LogP contribution in [-0.2, 0) is 11.3 Å². The number of benzene rings is 3. The number of rotatable bonds is 7. The fourth-order valence-corrected chi connectivity index (χ4v) is 6.10. The lowest BCUT2D eigenvalue weighted by Gasteiger charge is -2.41. The van der Waals surface area contributed by atoms with Gasteiger partial charge in [-0.3, -0.25) is 14.6 Å². The van der Waals surface area contributed by atoms with Gasteiger partial charge in [0.25, 0.3) is 0 Å². The fraction of sp³-hybridized carbons (Fsp3) is 0.344. The second-order valence-electron chi connectivity index (χ2n) is 10.7. The molecule has 1 unspecified atom stereocenters. The predicted octanol–water partition coefficient (Wildman–Crippen LogP) is 5.54. The minimum Gasteiger partial charge on any atom is -0.340 e. The van der Waals surface area contributed by atoms with Crippen LogP contribution in [0.3, 0.4) is 0 Å². The van der Waals surface area contributed by atoms with Crippen LogP contribution in [0.5, 0.6) is 0 Å². The fourth-order valence-electron chi connectivity index (χ4n) is 5.97. The van der Waals surface area contributed by atoms with Gasteiger partial charge in [0, 0.05) is 43.3 Å². The first kappa shape index (κ1) is 26.7. The van der Waals surface area contributed by atoms with Gasteiger partial charge in [-0.15, -0.1) is 0 Å². The maximum Gasteiger partial charge on any atom is 0.241 e. The van der Waals surface area contributed by atoms with Crippen molar-refractivity contribution in [1.82, 2.24) is 24.8 Å². The van der Waals surface area contributed by atoms with Gasteiger partial charge in [-0.25, -0.2) is 0 Å². The van der Waals surface area contributed by atoms with Gasteiger partial charge >= 0.3 is 0 Å². The average molecular weight is 556 g/mol. The zero-order valence-corrected chi connectivity index (χ0v) is 23.3. The first-order valence-electron chi connectivity index (χ1n) is 14.1. The molecule has 0 bridgehead atoms. The number of hydrogen-bond acceptors (Lipinski definition) is 6. The lowest BCUT2D eigenvalue weighted by atomic mass is 9.95. The number of aromatic nitrogens is 2. The average Bonchev–Trinajstić information content (AvgIpc) is 3.47. The predicted molar refractivity (Wildman–Crippen MR) is 156 cm³/mol. The molecule has 40 heavy (non-hydrogen) atoms. The number of amides is 1. The van der Waals surface area contributed by atoms with E-state index in [2.05, 4.69) is 85.5 Å². The van der Waals surface area contributed by atoms with Crippen molar-refractivity contribution in [2.75, 3.05) is 39.3 Å². The van der Waals surface area contributed by atoms with Crippen LogP contribution in [0.4, 0.5) is 0 Å². The molecule has 1 aromatic heterocycles. The molecule has 7 nitrogen and oxygen atoms in total. The van der Waals surface area contributed by atoms with Crippen molar-refractivity contribution in [2.24, 2.45) is 5.92 Å². The van der Waals surface area contributed by atoms with Crippen molar-refractivity contribution in [1.29, 1.82) is 0 Å². The number of carbonyl (C=O) groups is 1. The van der Waals surface area contributed by atoms with E-state index in [1.807, 2.05) is 24.3 Å². The highest BCUT2D eigenvalue weighted by atomic mass is 35.5. The third-order valence-electron chi connectivity index (χ3n) is 8.01. The second kappa shape index (κ2) is 12.3.